The fourth-order valence-corrected chi connectivity index (χ4v) is 1.62. The lowest BCUT2D eigenvalue weighted by Crippen LogP contribution is -2.24. The van der Waals surface area contributed by atoms with Gasteiger partial charge >= 0.3 is 0 Å². The van der Waals surface area contributed by atoms with Crippen molar-refractivity contribution in [2.24, 2.45) is 0 Å². The van der Waals surface area contributed by atoms with E-state index in [1.807, 2.05) is 31.2 Å². The van der Waals surface area contributed by atoms with E-state index in [0.717, 1.165) is 11.3 Å². The molecule has 0 aliphatic carbocycles. The maximum atomic E-state index is 11.8. The van der Waals surface area contributed by atoms with Crippen LogP contribution in [0.1, 0.15) is 28.9 Å². The molecular weight excluding hydrogens is 244 g/mol. The summed E-state index contributed by atoms with van der Waals surface area (Å²) in [7, 11) is 0. The molecule has 0 unspecified atom stereocenters. The minimum absolute atomic E-state index is 0.151. The van der Waals surface area contributed by atoms with Gasteiger partial charge in [0.1, 0.15) is 11.6 Å². The summed E-state index contributed by atoms with van der Waals surface area (Å²) in [5.41, 5.74) is 0.964. The van der Waals surface area contributed by atoms with Crippen LogP contribution in [0.15, 0.2) is 24.3 Å². The molecule has 0 aliphatic heterocycles. The Morgan fingerprint density at radius 1 is 1.47 bits per heavy atom. The number of benzene rings is 1. The zero-order chi connectivity index (χ0) is 13.7. The fourth-order valence-electron chi connectivity index (χ4n) is 1.62. The Morgan fingerprint density at radius 2 is 2.32 bits per heavy atom. The Hall–Kier alpha value is -2.37. The van der Waals surface area contributed by atoms with Gasteiger partial charge in [0.2, 0.25) is 5.82 Å². The van der Waals surface area contributed by atoms with E-state index in [0.29, 0.717) is 19.0 Å². The highest BCUT2D eigenvalue weighted by atomic mass is 16.5. The predicted octanol–water partition coefficient (Wildman–Crippen LogP) is 1.44. The van der Waals surface area contributed by atoms with Crippen LogP contribution >= 0.6 is 0 Å². The molecule has 0 spiro atoms. The van der Waals surface area contributed by atoms with Crippen molar-refractivity contribution in [2.45, 2.75) is 20.4 Å². The number of hydrogen-bond acceptors (Lipinski definition) is 4. The van der Waals surface area contributed by atoms with Crippen molar-refractivity contribution >= 4 is 5.91 Å². The van der Waals surface area contributed by atoms with E-state index in [4.69, 9.17) is 4.74 Å². The summed E-state index contributed by atoms with van der Waals surface area (Å²) in [5.74, 6) is 1.26. The zero-order valence-electron chi connectivity index (χ0n) is 10.9. The summed E-state index contributed by atoms with van der Waals surface area (Å²) < 4.78 is 5.40. The van der Waals surface area contributed by atoms with E-state index in [1.165, 1.54) is 0 Å². The molecule has 0 aliphatic rings. The molecule has 2 rings (SSSR count). The van der Waals surface area contributed by atoms with E-state index in [9.17, 15) is 4.79 Å². The summed E-state index contributed by atoms with van der Waals surface area (Å²) in [6.45, 7) is 4.70. The zero-order valence-corrected chi connectivity index (χ0v) is 10.9. The van der Waals surface area contributed by atoms with Gasteiger partial charge in [0, 0.05) is 6.54 Å². The minimum atomic E-state index is -0.300. The van der Waals surface area contributed by atoms with Crippen LogP contribution in [0.4, 0.5) is 0 Å². The lowest BCUT2D eigenvalue weighted by molar-refractivity contribution is 0.0941. The molecular formula is C13H16N4O2. The third-order valence-corrected chi connectivity index (χ3v) is 2.46. The Bertz CT molecular complexity index is 565. The first-order valence-corrected chi connectivity index (χ1v) is 6.08. The Labute approximate surface area is 111 Å². The van der Waals surface area contributed by atoms with Gasteiger partial charge in [-0.3, -0.25) is 9.89 Å². The third kappa shape index (κ3) is 3.54. The SMILES string of the molecule is CCOc1cccc(CNC(=O)c2n[nH]c(C)n2)c1. The first-order chi connectivity index (χ1) is 9.19. The second-order valence-corrected chi connectivity index (χ2v) is 4.01. The van der Waals surface area contributed by atoms with Crippen LogP contribution < -0.4 is 10.1 Å². The number of hydrogen-bond donors (Lipinski definition) is 2. The number of aromatic nitrogens is 3. The minimum Gasteiger partial charge on any atom is -0.494 e. The van der Waals surface area contributed by atoms with Crippen LogP contribution in [-0.4, -0.2) is 27.7 Å². The van der Waals surface area contributed by atoms with Crippen molar-refractivity contribution in [3.8, 4) is 5.75 Å². The van der Waals surface area contributed by atoms with Crippen molar-refractivity contribution in [1.29, 1.82) is 0 Å². The molecule has 0 radical (unpaired) electrons. The molecule has 0 fully saturated rings. The highest BCUT2D eigenvalue weighted by Crippen LogP contribution is 2.13. The molecule has 0 saturated carbocycles. The van der Waals surface area contributed by atoms with Crippen molar-refractivity contribution in [3.05, 3.63) is 41.5 Å². The number of rotatable bonds is 5. The second-order valence-electron chi connectivity index (χ2n) is 4.01. The second kappa shape index (κ2) is 5.99. The normalized spacial score (nSPS) is 10.2. The molecule has 2 N–H and O–H groups in total. The molecule has 0 bridgehead atoms. The average molecular weight is 260 g/mol. The molecule has 2 aromatic rings. The van der Waals surface area contributed by atoms with Crippen molar-refractivity contribution in [1.82, 2.24) is 20.5 Å². The van der Waals surface area contributed by atoms with Crippen LogP contribution in [0.25, 0.3) is 0 Å². The number of carbonyl (C=O) groups is 1. The summed E-state index contributed by atoms with van der Waals surface area (Å²) in [4.78, 5) is 15.7. The number of H-pyrrole nitrogens is 1. The molecule has 1 aromatic heterocycles. The molecule has 1 amide bonds. The number of nitrogens with zero attached hydrogens (tertiary/aromatic N) is 2. The first-order valence-electron chi connectivity index (χ1n) is 6.08. The van der Waals surface area contributed by atoms with Crippen molar-refractivity contribution in [3.63, 3.8) is 0 Å². The van der Waals surface area contributed by atoms with E-state index in [2.05, 4.69) is 20.5 Å². The molecule has 6 heteroatoms. The summed E-state index contributed by atoms with van der Waals surface area (Å²) in [5, 5.41) is 9.19. The van der Waals surface area contributed by atoms with Gasteiger partial charge in [-0.2, -0.15) is 0 Å². The van der Waals surface area contributed by atoms with Crippen LogP contribution in [0.2, 0.25) is 0 Å². The number of carbonyl (C=O) groups excluding carboxylic acids is 1. The van der Waals surface area contributed by atoms with Gasteiger partial charge in [-0.15, -0.1) is 5.10 Å². The number of aryl methyl sites for hydroxylation is 1. The smallest absolute Gasteiger partial charge is 0.291 e. The Balaban J connectivity index is 1.95. The Morgan fingerprint density at radius 3 is 3.00 bits per heavy atom. The lowest BCUT2D eigenvalue weighted by Gasteiger charge is -2.06. The molecule has 0 saturated heterocycles. The van der Waals surface area contributed by atoms with Gasteiger partial charge in [0.05, 0.1) is 6.61 Å². The van der Waals surface area contributed by atoms with Gasteiger partial charge in [0.25, 0.3) is 5.91 Å². The Kier molecular flexibility index (Phi) is 4.12. The highest BCUT2D eigenvalue weighted by Gasteiger charge is 2.10. The summed E-state index contributed by atoms with van der Waals surface area (Å²) in [6, 6.07) is 7.59. The quantitative estimate of drug-likeness (QED) is 0.852. The number of aromatic amines is 1. The number of amides is 1. The summed E-state index contributed by atoms with van der Waals surface area (Å²) >= 11 is 0. The van der Waals surface area contributed by atoms with Gasteiger partial charge in [-0.05, 0) is 31.5 Å². The number of ether oxygens (including phenoxy) is 1. The van der Waals surface area contributed by atoms with Crippen LogP contribution in [-0.2, 0) is 6.54 Å². The standard InChI is InChI=1S/C13H16N4O2/c1-3-19-11-6-4-5-10(7-11)8-14-13(18)12-15-9(2)16-17-12/h4-7H,3,8H2,1-2H3,(H,14,18)(H,15,16,17). The largest absolute Gasteiger partial charge is 0.494 e. The molecule has 1 heterocycles. The lowest BCUT2D eigenvalue weighted by atomic mass is 10.2. The van der Waals surface area contributed by atoms with Crippen molar-refractivity contribution in [2.75, 3.05) is 6.61 Å². The summed E-state index contributed by atoms with van der Waals surface area (Å²) in [6.07, 6.45) is 0. The molecule has 19 heavy (non-hydrogen) atoms. The molecule has 6 nitrogen and oxygen atoms in total. The van der Waals surface area contributed by atoms with Crippen LogP contribution in [0.3, 0.4) is 0 Å². The van der Waals surface area contributed by atoms with Gasteiger partial charge < -0.3 is 10.1 Å². The van der Waals surface area contributed by atoms with E-state index >= 15 is 0 Å². The third-order valence-electron chi connectivity index (χ3n) is 2.46. The van der Waals surface area contributed by atoms with Crippen LogP contribution in [0, 0.1) is 6.92 Å². The maximum absolute atomic E-state index is 11.8. The van der Waals surface area contributed by atoms with Gasteiger partial charge in [0.15, 0.2) is 0 Å². The van der Waals surface area contributed by atoms with E-state index in [1.54, 1.807) is 6.92 Å². The average Bonchev–Trinajstić information content (AvgIpc) is 2.84. The molecule has 100 valence electrons. The molecule has 0 atom stereocenters. The van der Waals surface area contributed by atoms with E-state index < -0.39 is 0 Å². The van der Waals surface area contributed by atoms with E-state index in [-0.39, 0.29) is 11.7 Å². The van der Waals surface area contributed by atoms with Gasteiger partial charge in [-0.25, -0.2) is 4.98 Å². The monoisotopic (exact) mass is 260 g/mol. The van der Waals surface area contributed by atoms with Crippen LogP contribution in [0.5, 0.6) is 5.75 Å². The number of nitrogens with one attached hydrogen (secondary N) is 2. The predicted molar refractivity (Wildman–Crippen MR) is 69.9 cm³/mol. The topological polar surface area (TPSA) is 79.9 Å². The van der Waals surface area contributed by atoms with Crippen molar-refractivity contribution < 1.29 is 9.53 Å². The highest BCUT2D eigenvalue weighted by molar-refractivity contribution is 5.90. The molecule has 1 aromatic carbocycles. The van der Waals surface area contributed by atoms with Gasteiger partial charge in [-0.1, -0.05) is 12.1 Å². The fraction of sp³-hybridized carbons (Fsp3) is 0.308. The first kappa shape index (κ1) is 13.1. The maximum Gasteiger partial charge on any atom is 0.291 e.